The average molecular weight is 356 g/mol. The van der Waals surface area contributed by atoms with Crippen molar-refractivity contribution in [2.75, 3.05) is 0 Å². The van der Waals surface area contributed by atoms with Crippen molar-refractivity contribution in [1.82, 2.24) is 19.2 Å². The Morgan fingerprint density at radius 2 is 1.83 bits per heavy atom. The third kappa shape index (κ3) is 1.71. The Labute approximate surface area is 117 Å². The van der Waals surface area contributed by atoms with E-state index in [2.05, 4.69) is 32.7 Å². The Bertz CT molecular complexity index is 724. The predicted octanol–water partition coefficient (Wildman–Crippen LogP) is 2.88. The fourth-order valence-electron chi connectivity index (χ4n) is 1.98. The van der Waals surface area contributed by atoms with Crippen LogP contribution >= 0.6 is 22.6 Å². The number of halogens is 2. The number of hydrogen-bond donors (Lipinski definition) is 0. The van der Waals surface area contributed by atoms with E-state index < -0.39 is 5.95 Å². The molecule has 3 aromatic heterocycles. The van der Waals surface area contributed by atoms with E-state index in [0.29, 0.717) is 11.6 Å². The van der Waals surface area contributed by atoms with Gasteiger partial charge in [0.1, 0.15) is 0 Å². The lowest BCUT2D eigenvalue weighted by Crippen LogP contribution is -2.02. The van der Waals surface area contributed by atoms with E-state index in [0.717, 1.165) is 15.0 Å². The topological polar surface area (TPSA) is 35.1 Å². The van der Waals surface area contributed by atoms with E-state index in [1.807, 2.05) is 30.5 Å². The van der Waals surface area contributed by atoms with Crippen molar-refractivity contribution in [2.24, 2.45) is 0 Å². The number of aromatic nitrogens is 4. The minimum absolute atomic E-state index is 0.405. The summed E-state index contributed by atoms with van der Waals surface area (Å²) >= 11 is 2.06. The van der Waals surface area contributed by atoms with Gasteiger partial charge in [0.25, 0.3) is 5.95 Å². The molecule has 0 fully saturated rings. The summed E-state index contributed by atoms with van der Waals surface area (Å²) in [5, 5.41) is 4.21. The fourth-order valence-corrected chi connectivity index (χ4v) is 2.52. The SMILES string of the molecule is Cc1ccc(C)n1-c1nc2cc(I)cc(F)n2n1. The molecular formula is C12H10FIN4. The Morgan fingerprint density at radius 3 is 2.50 bits per heavy atom. The van der Waals surface area contributed by atoms with Gasteiger partial charge in [0, 0.05) is 21.0 Å². The summed E-state index contributed by atoms with van der Waals surface area (Å²) in [6.07, 6.45) is 0. The van der Waals surface area contributed by atoms with Crippen molar-refractivity contribution in [3.05, 3.63) is 45.2 Å². The van der Waals surface area contributed by atoms with Crippen molar-refractivity contribution < 1.29 is 4.39 Å². The van der Waals surface area contributed by atoms with Crippen molar-refractivity contribution in [3.8, 4) is 5.95 Å². The zero-order valence-corrected chi connectivity index (χ0v) is 12.0. The van der Waals surface area contributed by atoms with Crippen LogP contribution in [0, 0.1) is 23.4 Å². The zero-order chi connectivity index (χ0) is 12.9. The minimum Gasteiger partial charge on any atom is -0.286 e. The predicted molar refractivity (Wildman–Crippen MR) is 74.5 cm³/mol. The molecule has 0 unspecified atom stereocenters. The second-order valence-electron chi connectivity index (χ2n) is 4.13. The van der Waals surface area contributed by atoms with Crippen LogP contribution in [0.3, 0.4) is 0 Å². The lowest BCUT2D eigenvalue weighted by Gasteiger charge is -2.02. The highest BCUT2D eigenvalue weighted by molar-refractivity contribution is 14.1. The summed E-state index contributed by atoms with van der Waals surface area (Å²) in [5.74, 6) is 0.0917. The Balaban J connectivity index is 2.29. The van der Waals surface area contributed by atoms with Gasteiger partial charge in [-0.15, -0.1) is 5.10 Å². The normalized spacial score (nSPS) is 11.3. The Kier molecular flexibility index (Phi) is 2.61. The number of nitrogens with zero attached hydrogens (tertiary/aromatic N) is 4. The molecule has 0 aliphatic rings. The van der Waals surface area contributed by atoms with Crippen LogP contribution in [-0.2, 0) is 0 Å². The molecule has 3 aromatic rings. The first kappa shape index (κ1) is 11.6. The van der Waals surface area contributed by atoms with Crippen LogP contribution in [0.1, 0.15) is 11.4 Å². The number of rotatable bonds is 1. The molecule has 0 spiro atoms. The monoisotopic (exact) mass is 356 g/mol. The van der Waals surface area contributed by atoms with Gasteiger partial charge in [0.15, 0.2) is 5.65 Å². The van der Waals surface area contributed by atoms with E-state index in [1.165, 1.54) is 10.6 Å². The van der Waals surface area contributed by atoms with Gasteiger partial charge in [0.2, 0.25) is 5.95 Å². The quantitative estimate of drug-likeness (QED) is 0.497. The largest absolute Gasteiger partial charge is 0.286 e. The van der Waals surface area contributed by atoms with E-state index in [4.69, 9.17) is 0 Å². The van der Waals surface area contributed by atoms with Crippen molar-refractivity contribution >= 4 is 28.2 Å². The maximum absolute atomic E-state index is 13.7. The highest BCUT2D eigenvalue weighted by atomic mass is 127. The molecular weight excluding hydrogens is 346 g/mol. The third-order valence-electron chi connectivity index (χ3n) is 2.82. The molecule has 0 aromatic carbocycles. The smallest absolute Gasteiger partial charge is 0.254 e. The van der Waals surface area contributed by atoms with Gasteiger partial charge in [-0.2, -0.15) is 13.9 Å². The summed E-state index contributed by atoms with van der Waals surface area (Å²) in [6, 6.07) is 7.21. The van der Waals surface area contributed by atoms with Gasteiger partial charge in [0.05, 0.1) is 0 Å². The van der Waals surface area contributed by atoms with Gasteiger partial charge >= 0.3 is 0 Å². The minimum atomic E-state index is -0.405. The molecule has 0 atom stereocenters. The number of aryl methyl sites for hydroxylation is 2. The first-order chi connectivity index (χ1) is 8.56. The molecule has 4 nitrogen and oxygen atoms in total. The molecule has 0 radical (unpaired) electrons. The highest BCUT2D eigenvalue weighted by Gasteiger charge is 2.12. The third-order valence-corrected chi connectivity index (χ3v) is 3.44. The summed E-state index contributed by atoms with van der Waals surface area (Å²) < 4.78 is 17.7. The standard InChI is InChI=1S/C12H10FIN4/c1-7-3-4-8(2)17(7)12-15-11-6-9(14)5-10(13)18(11)16-12/h3-6H,1-2H3. The summed E-state index contributed by atoms with van der Waals surface area (Å²) in [6.45, 7) is 3.94. The molecule has 0 saturated heterocycles. The van der Waals surface area contributed by atoms with E-state index >= 15 is 0 Å². The van der Waals surface area contributed by atoms with Gasteiger partial charge < -0.3 is 0 Å². The van der Waals surface area contributed by atoms with Crippen LogP contribution in [0.25, 0.3) is 11.6 Å². The molecule has 6 heteroatoms. The zero-order valence-electron chi connectivity index (χ0n) is 9.85. The summed E-state index contributed by atoms with van der Waals surface area (Å²) in [7, 11) is 0. The Hall–Kier alpha value is -1.44. The van der Waals surface area contributed by atoms with Crippen LogP contribution in [0.4, 0.5) is 4.39 Å². The number of fused-ring (bicyclic) bond motifs is 1. The molecule has 92 valence electrons. The molecule has 3 heterocycles. The van der Waals surface area contributed by atoms with Crippen LogP contribution in [-0.4, -0.2) is 19.2 Å². The molecule has 3 rings (SSSR count). The first-order valence-electron chi connectivity index (χ1n) is 5.43. The van der Waals surface area contributed by atoms with E-state index in [-0.39, 0.29) is 0 Å². The van der Waals surface area contributed by atoms with E-state index in [9.17, 15) is 4.39 Å². The van der Waals surface area contributed by atoms with Gasteiger partial charge in [-0.25, -0.2) is 0 Å². The number of hydrogen-bond acceptors (Lipinski definition) is 2. The highest BCUT2D eigenvalue weighted by Crippen LogP contribution is 2.16. The van der Waals surface area contributed by atoms with Crippen LogP contribution in [0.2, 0.25) is 0 Å². The maximum Gasteiger partial charge on any atom is 0.254 e. The molecule has 0 aliphatic carbocycles. The van der Waals surface area contributed by atoms with Crippen molar-refractivity contribution in [1.29, 1.82) is 0 Å². The van der Waals surface area contributed by atoms with Crippen LogP contribution < -0.4 is 0 Å². The fraction of sp³-hybridized carbons (Fsp3) is 0.167. The van der Waals surface area contributed by atoms with Crippen LogP contribution in [0.5, 0.6) is 0 Å². The van der Waals surface area contributed by atoms with Gasteiger partial charge in [-0.05, 0) is 54.6 Å². The van der Waals surface area contributed by atoms with Gasteiger partial charge in [-0.1, -0.05) is 0 Å². The molecule has 0 bridgehead atoms. The van der Waals surface area contributed by atoms with Crippen molar-refractivity contribution in [3.63, 3.8) is 0 Å². The molecule has 0 N–H and O–H groups in total. The second kappa shape index (κ2) is 4.04. The first-order valence-corrected chi connectivity index (χ1v) is 6.51. The maximum atomic E-state index is 13.7. The molecule has 0 aliphatic heterocycles. The second-order valence-corrected chi connectivity index (χ2v) is 5.38. The average Bonchev–Trinajstić information content (AvgIpc) is 2.82. The van der Waals surface area contributed by atoms with Gasteiger partial charge in [-0.3, -0.25) is 4.57 Å². The molecule has 0 saturated carbocycles. The number of pyridine rings is 1. The van der Waals surface area contributed by atoms with E-state index in [1.54, 1.807) is 6.07 Å². The Morgan fingerprint density at radius 1 is 1.17 bits per heavy atom. The lowest BCUT2D eigenvalue weighted by molar-refractivity contribution is 0.542. The summed E-state index contributed by atoms with van der Waals surface area (Å²) in [4.78, 5) is 4.37. The molecule has 18 heavy (non-hydrogen) atoms. The summed E-state index contributed by atoms with van der Waals surface area (Å²) in [5.41, 5.74) is 2.57. The van der Waals surface area contributed by atoms with Crippen molar-refractivity contribution in [2.45, 2.75) is 13.8 Å². The lowest BCUT2D eigenvalue weighted by atomic mass is 10.5. The molecule has 0 amide bonds. The van der Waals surface area contributed by atoms with Crippen LogP contribution in [0.15, 0.2) is 24.3 Å².